The standard InChI is InChI=1S/C23H27ClFN5O4/c1-10(2)30-15-6-11(5-13(25)19(15)28-21(30)23(3,4)32)18-12(24)8-26-22(29-18)27-14-7-17-33-9-16(34-17)20(14)31/h5-6,8,10,14,16-17,20,31-32H,7,9H2,1-4H3,(H,26,27,29)/t14?,16-,17-,20-/m0/s1/i7D2. The fraction of sp³-hybridized carbons (Fsp3) is 0.522. The summed E-state index contributed by atoms with van der Waals surface area (Å²) in [7, 11) is 0. The lowest BCUT2D eigenvalue weighted by Gasteiger charge is -2.32. The number of aliphatic hydroxyl groups excluding tert-OH is 1. The highest BCUT2D eigenvalue weighted by Crippen LogP contribution is 2.35. The molecule has 11 heteroatoms. The Hall–Kier alpha value is -2.37. The van der Waals surface area contributed by atoms with Gasteiger partial charge in [0.2, 0.25) is 5.95 Å². The van der Waals surface area contributed by atoms with E-state index in [-0.39, 0.29) is 34.8 Å². The molecule has 0 aliphatic carbocycles. The Labute approximate surface area is 203 Å². The Balaban J connectivity index is 1.57. The Morgan fingerprint density at radius 1 is 1.35 bits per heavy atom. The van der Waals surface area contributed by atoms with Gasteiger partial charge in [-0.15, -0.1) is 0 Å². The number of aliphatic hydroxyl groups is 2. The minimum absolute atomic E-state index is 0.00122. The summed E-state index contributed by atoms with van der Waals surface area (Å²) < 4.78 is 44.5. The molecule has 9 nitrogen and oxygen atoms in total. The second-order valence-electron chi connectivity index (χ2n) is 9.29. The number of ether oxygens (including phenoxy) is 2. The van der Waals surface area contributed by atoms with E-state index in [1.165, 1.54) is 12.3 Å². The number of rotatable bonds is 5. The van der Waals surface area contributed by atoms with Crippen LogP contribution >= 0.6 is 11.6 Å². The van der Waals surface area contributed by atoms with Gasteiger partial charge in [0.05, 0.1) is 35.1 Å². The monoisotopic (exact) mass is 493 g/mol. The predicted octanol–water partition coefficient (Wildman–Crippen LogP) is 3.38. The summed E-state index contributed by atoms with van der Waals surface area (Å²) >= 11 is 6.40. The quantitative estimate of drug-likeness (QED) is 0.495. The van der Waals surface area contributed by atoms with Crippen LogP contribution in [-0.4, -0.2) is 60.9 Å². The minimum Gasteiger partial charge on any atom is -0.388 e. The first kappa shape index (κ1) is 21.0. The number of benzene rings is 1. The van der Waals surface area contributed by atoms with Crippen LogP contribution in [-0.2, 0) is 15.1 Å². The van der Waals surface area contributed by atoms with Crippen LogP contribution in [0, 0.1) is 5.82 Å². The van der Waals surface area contributed by atoms with Crippen molar-refractivity contribution in [3.05, 3.63) is 35.0 Å². The summed E-state index contributed by atoms with van der Waals surface area (Å²) in [5, 5.41) is 24.2. The number of imidazole rings is 1. The zero-order chi connectivity index (χ0) is 26.2. The fourth-order valence-electron chi connectivity index (χ4n) is 4.29. The van der Waals surface area contributed by atoms with Gasteiger partial charge in [-0.25, -0.2) is 19.3 Å². The highest BCUT2D eigenvalue weighted by Gasteiger charge is 2.43. The van der Waals surface area contributed by atoms with Gasteiger partial charge in [0, 0.05) is 20.7 Å². The zero-order valence-corrected chi connectivity index (χ0v) is 19.8. The highest BCUT2D eigenvalue weighted by atomic mass is 35.5. The number of nitrogens with one attached hydrogen (secondary N) is 1. The van der Waals surface area contributed by atoms with Crippen molar-refractivity contribution in [3.63, 3.8) is 0 Å². The minimum atomic E-state index is -2.07. The molecule has 182 valence electrons. The first-order valence-electron chi connectivity index (χ1n) is 12.0. The third-order valence-electron chi connectivity index (χ3n) is 5.86. The molecule has 2 bridgehead atoms. The number of fused-ring (bicyclic) bond motifs is 3. The van der Waals surface area contributed by atoms with Crippen LogP contribution in [0.3, 0.4) is 0 Å². The van der Waals surface area contributed by atoms with Crippen molar-refractivity contribution in [1.29, 1.82) is 0 Å². The second-order valence-corrected chi connectivity index (χ2v) is 9.70. The van der Waals surface area contributed by atoms with Crippen LogP contribution in [0.25, 0.3) is 22.3 Å². The van der Waals surface area contributed by atoms with Crippen LogP contribution < -0.4 is 5.32 Å². The summed E-state index contributed by atoms with van der Waals surface area (Å²) in [4.78, 5) is 12.9. The number of hydrogen-bond donors (Lipinski definition) is 3. The molecule has 4 atom stereocenters. The third kappa shape index (κ3) is 4.03. The maximum atomic E-state index is 15.3. The van der Waals surface area contributed by atoms with Crippen molar-refractivity contribution in [1.82, 2.24) is 19.5 Å². The smallest absolute Gasteiger partial charge is 0.223 e. The van der Waals surface area contributed by atoms with Gasteiger partial charge in [0.15, 0.2) is 12.1 Å². The summed E-state index contributed by atoms with van der Waals surface area (Å²) in [6.07, 6.45) is -3.77. The molecular weight excluding hydrogens is 465 g/mol. The predicted molar refractivity (Wildman–Crippen MR) is 124 cm³/mol. The lowest BCUT2D eigenvalue weighted by molar-refractivity contribution is -0.123. The maximum absolute atomic E-state index is 15.3. The van der Waals surface area contributed by atoms with E-state index in [1.807, 2.05) is 13.8 Å². The summed E-state index contributed by atoms with van der Waals surface area (Å²) in [6.45, 7) is 7.07. The van der Waals surface area contributed by atoms with E-state index in [1.54, 1.807) is 24.5 Å². The van der Waals surface area contributed by atoms with Gasteiger partial charge in [-0.05, 0) is 39.8 Å². The van der Waals surface area contributed by atoms with Crippen molar-refractivity contribution in [3.8, 4) is 11.3 Å². The second kappa shape index (κ2) is 8.39. The summed E-state index contributed by atoms with van der Waals surface area (Å²) in [5.41, 5.74) is -0.170. The Morgan fingerprint density at radius 3 is 2.82 bits per heavy atom. The Bertz CT molecular complexity index is 1330. The van der Waals surface area contributed by atoms with Crippen LogP contribution in [0.2, 0.25) is 5.02 Å². The molecule has 34 heavy (non-hydrogen) atoms. The van der Waals surface area contributed by atoms with E-state index in [4.69, 9.17) is 23.8 Å². The first-order chi connectivity index (χ1) is 16.8. The van der Waals surface area contributed by atoms with E-state index in [0.717, 1.165) is 0 Å². The van der Waals surface area contributed by atoms with E-state index in [9.17, 15) is 10.2 Å². The number of halogens is 2. The molecule has 2 aliphatic heterocycles. The normalized spacial score (nSPS) is 27.2. The lowest BCUT2D eigenvalue weighted by atomic mass is 10.0. The maximum Gasteiger partial charge on any atom is 0.223 e. The molecular formula is C23H27ClFN5O4. The van der Waals surface area contributed by atoms with Gasteiger partial charge in [-0.1, -0.05) is 11.6 Å². The van der Waals surface area contributed by atoms with Gasteiger partial charge in [0.25, 0.3) is 0 Å². The number of nitrogens with zero attached hydrogens (tertiary/aromatic N) is 4. The summed E-state index contributed by atoms with van der Waals surface area (Å²) in [5.74, 6) is -0.285. The largest absolute Gasteiger partial charge is 0.388 e. The fourth-order valence-corrected chi connectivity index (χ4v) is 4.50. The van der Waals surface area contributed by atoms with Gasteiger partial charge in [-0.3, -0.25) is 0 Å². The lowest BCUT2D eigenvalue weighted by Crippen LogP contribution is -2.48. The van der Waals surface area contributed by atoms with Gasteiger partial charge in [-0.2, -0.15) is 0 Å². The highest BCUT2D eigenvalue weighted by molar-refractivity contribution is 6.33. The molecule has 0 amide bonds. The van der Waals surface area contributed by atoms with E-state index < -0.39 is 42.3 Å². The van der Waals surface area contributed by atoms with Crippen LogP contribution in [0.15, 0.2) is 18.3 Å². The van der Waals surface area contributed by atoms with Crippen molar-refractivity contribution >= 4 is 28.6 Å². The molecule has 0 saturated carbocycles. The zero-order valence-electron chi connectivity index (χ0n) is 21.1. The van der Waals surface area contributed by atoms with E-state index in [2.05, 4.69) is 20.3 Å². The molecule has 2 fully saturated rings. The Kier molecular flexibility index (Phi) is 5.17. The molecule has 4 heterocycles. The van der Waals surface area contributed by atoms with Crippen molar-refractivity contribution in [2.24, 2.45) is 0 Å². The molecule has 0 spiro atoms. The first-order valence-corrected chi connectivity index (χ1v) is 11.4. The molecule has 0 radical (unpaired) electrons. The van der Waals surface area contributed by atoms with Gasteiger partial charge >= 0.3 is 0 Å². The SMILES string of the molecule is [2H]C1([2H])C(Nc2ncc(Cl)c(-c3cc(F)c4nc(C(C)(C)O)n(C(C)C)c4c3)n2)[C@H](O)[C@@H]2CO[C@H]1O2. The third-order valence-corrected chi connectivity index (χ3v) is 6.14. The van der Waals surface area contributed by atoms with E-state index >= 15 is 4.39 Å². The van der Waals surface area contributed by atoms with Crippen LogP contribution in [0.4, 0.5) is 10.3 Å². The molecule has 2 saturated heterocycles. The molecule has 3 N–H and O–H groups in total. The molecule has 1 aromatic carbocycles. The average molecular weight is 494 g/mol. The molecule has 3 aromatic rings. The summed E-state index contributed by atoms with van der Waals surface area (Å²) in [6, 6.07) is 1.70. The van der Waals surface area contributed by atoms with Crippen molar-refractivity contribution in [2.75, 3.05) is 11.9 Å². The number of hydrogen-bond acceptors (Lipinski definition) is 8. The number of anilines is 1. The van der Waals surface area contributed by atoms with E-state index in [0.29, 0.717) is 16.9 Å². The topological polar surface area (TPSA) is 115 Å². The molecule has 5 rings (SSSR count). The van der Waals surface area contributed by atoms with Gasteiger partial charge < -0.3 is 29.6 Å². The van der Waals surface area contributed by atoms with Crippen molar-refractivity contribution < 1.29 is 26.8 Å². The Morgan fingerprint density at radius 2 is 2.12 bits per heavy atom. The van der Waals surface area contributed by atoms with Gasteiger partial charge in [0.1, 0.15) is 29.2 Å². The molecule has 2 aliphatic rings. The molecule has 1 unspecified atom stereocenters. The molecule has 2 aromatic heterocycles. The van der Waals surface area contributed by atoms with Crippen LogP contribution in [0.5, 0.6) is 0 Å². The number of aromatic nitrogens is 4. The van der Waals surface area contributed by atoms with Crippen molar-refractivity contribution in [2.45, 2.75) is 70.3 Å². The van der Waals surface area contributed by atoms with Crippen LogP contribution in [0.1, 0.15) is 48.7 Å². The average Bonchev–Trinajstić information content (AvgIpc) is 3.41.